The summed E-state index contributed by atoms with van der Waals surface area (Å²) in [4.78, 5) is 12.9. The second kappa shape index (κ2) is 10.6. The highest BCUT2D eigenvalue weighted by molar-refractivity contribution is 9.10. The molecule has 0 saturated heterocycles. The summed E-state index contributed by atoms with van der Waals surface area (Å²) in [6.45, 7) is 0. The quantitative estimate of drug-likeness (QED) is 0.214. The van der Waals surface area contributed by atoms with Crippen molar-refractivity contribution in [2.45, 2.75) is 11.6 Å². The Hall–Kier alpha value is -3.13. The number of thioether (sulfide) groups is 1. The van der Waals surface area contributed by atoms with Crippen LogP contribution in [0.15, 0.2) is 101 Å². The van der Waals surface area contributed by atoms with Gasteiger partial charge in [-0.25, -0.2) is 0 Å². The molecule has 174 valence electrons. The van der Waals surface area contributed by atoms with E-state index in [1.54, 1.807) is 0 Å². The highest BCUT2D eigenvalue weighted by Crippen LogP contribution is 2.30. The van der Waals surface area contributed by atoms with Gasteiger partial charge in [-0.1, -0.05) is 93.9 Å². The van der Waals surface area contributed by atoms with Crippen LogP contribution in [0.2, 0.25) is 5.02 Å². The molecule has 0 spiro atoms. The van der Waals surface area contributed by atoms with Gasteiger partial charge in [0, 0.05) is 32.7 Å². The number of rotatable bonds is 7. The summed E-state index contributed by atoms with van der Waals surface area (Å²) in [5.74, 6) is 0.875. The fourth-order valence-electron chi connectivity index (χ4n) is 3.82. The van der Waals surface area contributed by atoms with E-state index in [0.29, 0.717) is 16.6 Å². The molecule has 1 aromatic heterocycles. The van der Waals surface area contributed by atoms with Crippen molar-refractivity contribution >= 4 is 61.7 Å². The molecule has 0 aliphatic heterocycles. The third-order valence-corrected chi connectivity index (χ3v) is 7.34. The first kappa shape index (κ1) is 23.6. The van der Waals surface area contributed by atoms with E-state index < -0.39 is 0 Å². The second-order valence-electron chi connectivity index (χ2n) is 7.85. The summed E-state index contributed by atoms with van der Waals surface area (Å²) >= 11 is 11.0. The zero-order valence-electron chi connectivity index (χ0n) is 18.5. The molecule has 1 amide bonds. The average molecular weight is 564 g/mol. The van der Waals surface area contributed by atoms with E-state index in [1.165, 1.54) is 11.8 Å². The Kier molecular flexibility index (Phi) is 7.18. The Morgan fingerprint density at radius 3 is 2.37 bits per heavy atom. The number of hydrogen-bond acceptors (Lipinski definition) is 4. The number of carbonyl (C=O) groups is 1. The molecular formula is C27H20BrClN4OS. The van der Waals surface area contributed by atoms with Crippen molar-refractivity contribution in [1.82, 2.24) is 14.8 Å². The fourth-order valence-corrected chi connectivity index (χ4v) is 5.20. The predicted molar refractivity (Wildman–Crippen MR) is 147 cm³/mol. The number of amides is 1. The lowest BCUT2D eigenvalue weighted by Gasteiger charge is -2.12. The maximum atomic E-state index is 12.9. The van der Waals surface area contributed by atoms with Gasteiger partial charge >= 0.3 is 0 Å². The van der Waals surface area contributed by atoms with Gasteiger partial charge in [0.05, 0.1) is 5.75 Å². The monoisotopic (exact) mass is 562 g/mol. The summed E-state index contributed by atoms with van der Waals surface area (Å²) in [5.41, 5.74) is 2.80. The Morgan fingerprint density at radius 2 is 1.60 bits per heavy atom. The minimum atomic E-state index is -0.113. The van der Waals surface area contributed by atoms with Gasteiger partial charge in [-0.05, 0) is 47.3 Å². The minimum absolute atomic E-state index is 0.113. The van der Waals surface area contributed by atoms with Crippen molar-refractivity contribution in [2.75, 3.05) is 11.1 Å². The molecular weight excluding hydrogens is 544 g/mol. The lowest BCUT2D eigenvalue weighted by molar-refractivity contribution is -0.113. The molecule has 35 heavy (non-hydrogen) atoms. The van der Waals surface area contributed by atoms with Crippen LogP contribution in [-0.2, 0) is 11.2 Å². The van der Waals surface area contributed by atoms with E-state index in [0.717, 1.165) is 38.0 Å². The van der Waals surface area contributed by atoms with E-state index in [4.69, 9.17) is 11.6 Å². The fraction of sp³-hybridized carbons (Fsp3) is 0.0741. The molecule has 0 aliphatic rings. The molecule has 5 rings (SSSR count). The first-order valence-corrected chi connectivity index (χ1v) is 13.1. The maximum absolute atomic E-state index is 12.9. The van der Waals surface area contributed by atoms with Gasteiger partial charge in [0.25, 0.3) is 0 Å². The van der Waals surface area contributed by atoms with Crippen LogP contribution in [0.25, 0.3) is 16.5 Å². The zero-order valence-corrected chi connectivity index (χ0v) is 21.6. The molecule has 1 N–H and O–H groups in total. The van der Waals surface area contributed by atoms with E-state index in [9.17, 15) is 4.79 Å². The molecule has 1 heterocycles. The lowest BCUT2D eigenvalue weighted by atomic mass is 10.1. The van der Waals surface area contributed by atoms with E-state index in [-0.39, 0.29) is 11.7 Å². The molecule has 5 nitrogen and oxygen atoms in total. The van der Waals surface area contributed by atoms with Gasteiger partial charge < -0.3 is 5.32 Å². The van der Waals surface area contributed by atoms with Gasteiger partial charge in [0.15, 0.2) is 5.16 Å². The largest absolute Gasteiger partial charge is 0.325 e. The summed E-state index contributed by atoms with van der Waals surface area (Å²) in [6, 6.07) is 29.4. The van der Waals surface area contributed by atoms with Crippen molar-refractivity contribution in [3.05, 3.63) is 112 Å². The molecule has 4 aromatic carbocycles. The second-order valence-corrected chi connectivity index (χ2v) is 10.1. The molecule has 0 unspecified atom stereocenters. The van der Waals surface area contributed by atoms with Crippen LogP contribution in [0.5, 0.6) is 0 Å². The molecule has 0 saturated carbocycles. The number of nitrogens with one attached hydrogen (secondary N) is 1. The first-order valence-electron chi connectivity index (χ1n) is 10.9. The van der Waals surface area contributed by atoms with E-state index >= 15 is 0 Å². The summed E-state index contributed by atoms with van der Waals surface area (Å²) in [5, 5.41) is 15.2. The highest BCUT2D eigenvalue weighted by atomic mass is 79.9. The van der Waals surface area contributed by atoms with Gasteiger partial charge in [-0.2, -0.15) is 0 Å². The Balaban J connectivity index is 1.38. The normalized spacial score (nSPS) is 11.0. The Bertz CT molecular complexity index is 1490. The van der Waals surface area contributed by atoms with Crippen LogP contribution in [-0.4, -0.2) is 26.4 Å². The standard InChI is InChI=1S/C27H20BrClN4OS/c28-23-14-15-24(22-9-5-4-8-21(22)23)30-26(34)17-35-27-32-31-25(16-18-6-2-1-3-7-18)33(27)20-12-10-19(29)11-13-20/h1-15H,16-17H2,(H,30,34). The van der Waals surface area contributed by atoms with E-state index in [2.05, 4.69) is 43.6 Å². The Labute approximate surface area is 220 Å². The third-order valence-electron chi connectivity index (χ3n) is 5.47. The summed E-state index contributed by atoms with van der Waals surface area (Å²) in [7, 11) is 0. The molecule has 5 aromatic rings. The van der Waals surface area contributed by atoms with Crippen molar-refractivity contribution < 1.29 is 4.79 Å². The number of hydrogen-bond donors (Lipinski definition) is 1. The van der Waals surface area contributed by atoms with Crippen LogP contribution in [0.3, 0.4) is 0 Å². The van der Waals surface area contributed by atoms with Gasteiger partial charge in [0.2, 0.25) is 5.91 Å². The van der Waals surface area contributed by atoms with Crippen molar-refractivity contribution in [1.29, 1.82) is 0 Å². The van der Waals surface area contributed by atoms with Crippen molar-refractivity contribution in [3.63, 3.8) is 0 Å². The zero-order chi connectivity index (χ0) is 24.2. The minimum Gasteiger partial charge on any atom is -0.325 e. The highest BCUT2D eigenvalue weighted by Gasteiger charge is 2.17. The number of halogens is 2. The van der Waals surface area contributed by atoms with Crippen molar-refractivity contribution in [3.8, 4) is 5.69 Å². The van der Waals surface area contributed by atoms with Crippen LogP contribution >= 0.6 is 39.3 Å². The Morgan fingerprint density at radius 1 is 0.886 bits per heavy atom. The number of fused-ring (bicyclic) bond motifs is 1. The van der Waals surface area contributed by atoms with Crippen LogP contribution in [0.1, 0.15) is 11.4 Å². The molecule has 0 aliphatic carbocycles. The molecule has 0 radical (unpaired) electrons. The maximum Gasteiger partial charge on any atom is 0.234 e. The predicted octanol–water partition coefficient (Wildman–Crippen LogP) is 7.16. The lowest BCUT2D eigenvalue weighted by Crippen LogP contribution is -2.15. The van der Waals surface area contributed by atoms with Crippen LogP contribution in [0.4, 0.5) is 5.69 Å². The van der Waals surface area contributed by atoms with Gasteiger partial charge in [-0.15, -0.1) is 10.2 Å². The van der Waals surface area contributed by atoms with Gasteiger partial charge in [0.1, 0.15) is 5.82 Å². The topological polar surface area (TPSA) is 59.8 Å². The van der Waals surface area contributed by atoms with Crippen LogP contribution in [0, 0.1) is 0 Å². The summed E-state index contributed by atoms with van der Waals surface area (Å²) < 4.78 is 2.97. The van der Waals surface area contributed by atoms with Gasteiger partial charge in [-0.3, -0.25) is 9.36 Å². The number of benzene rings is 4. The van der Waals surface area contributed by atoms with Crippen molar-refractivity contribution in [2.24, 2.45) is 0 Å². The number of anilines is 1. The third kappa shape index (κ3) is 5.42. The van der Waals surface area contributed by atoms with Crippen LogP contribution < -0.4 is 5.32 Å². The molecule has 8 heteroatoms. The molecule has 0 fully saturated rings. The smallest absolute Gasteiger partial charge is 0.234 e. The average Bonchev–Trinajstić information content (AvgIpc) is 3.28. The first-order chi connectivity index (χ1) is 17.1. The SMILES string of the molecule is O=C(CSc1nnc(Cc2ccccc2)n1-c1ccc(Cl)cc1)Nc1ccc(Br)c2ccccc12. The molecule has 0 bridgehead atoms. The number of carbonyl (C=O) groups excluding carboxylic acids is 1. The number of nitrogens with zero attached hydrogens (tertiary/aromatic N) is 3. The number of aromatic nitrogens is 3. The summed E-state index contributed by atoms with van der Waals surface area (Å²) in [6.07, 6.45) is 0.619. The van der Waals surface area contributed by atoms with E-state index in [1.807, 2.05) is 83.4 Å². The molecule has 0 atom stereocenters.